The van der Waals surface area contributed by atoms with Crippen LogP contribution in [0.5, 0.6) is 0 Å². The molecule has 0 unspecified atom stereocenters. The van der Waals surface area contributed by atoms with E-state index in [9.17, 15) is 10.1 Å². The zero-order valence-electron chi connectivity index (χ0n) is 11.9. The second kappa shape index (κ2) is 6.50. The number of piperazine rings is 1. The van der Waals surface area contributed by atoms with Crippen LogP contribution >= 0.6 is 15.9 Å². The Morgan fingerprint density at radius 1 is 1.18 bits per heavy atom. The smallest absolute Gasteiger partial charge is 0.404 e. The third kappa shape index (κ3) is 3.48. The largest absolute Gasteiger partial charge is 0.433 e. The molecule has 0 spiro atoms. The monoisotopic (exact) mass is 365 g/mol. The molecule has 22 heavy (non-hydrogen) atoms. The Morgan fingerprint density at radius 3 is 2.59 bits per heavy atom. The lowest BCUT2D eigenvalue weighted by Crippen LogP contribution is -2.45. The van der Waals surface area contributed by atoms with Gasteiger partial charge in [0.05, 0.1) is 12.6 Å². The predicted octanol–water partition coefficient (Wildman–Crippen LogP) is 3.27. The van der Waals surface area contributed by atoms with E-state index in [-0.39, 0.29) is 5.88 Å². The topological polar surface area (TPSA) is 62.8 Å². The summed E-state index contributed by atoms with van der Waals surface area (Å²) >= 11 is 3.49. The second-order valence-corrected chi connectivity index (χ2v) is 6.16. The van der Waals surface area contributed by atoms with Gasteiger partial charge in [-0.25, -0.2) is 0 Å². The van der Waals surface area contributed by atoms with Crippen molar-refractivity contribution in [3.8, 4) is 0 Å². The molecule has 1 aliphatic heterocycles. The highest BCUT2D eigenvalue weighted by molar-refractivity contribution is 9.10. The third-order valence-electron chi connectivity index (χ3n) is 3.75. The average Bonchev–Trinajstić information content (AvgIpc) is 2.97. The fourth-order valence-electron chi connectivity index (χ4n) is 2.61. The van der Waals surface area contributed by atoms with Crippen LogP contribution in [0.2, 0.25) is 0 Å². The molecular weight excluding hydrogens is 350 g/mol. The summed E-state index contributed by atoms with van der Waals surface area (Å²) in [5.74, 6) is 0.449. The van der Waals surface area contributed by atoms with Crippen LogP contribution < -0.4 is 4.90 Å². The molecule has 7 heteroatoms. The fraction of sp³-hybridized carbons (Fsp3) is 0.333. The maximum atomic E-state index is 10.6. The molecule has 0 radical (unpaired) electrons. The maximum Gasteiger partial charge on any atom is 0.433 e. The minimum Gasteiger partial charge on any atom is -0.404 e. The molecule has 1 aromatic heterocycles. The number of nitro groups is 1. The van der Waals surface area contributed by atoms with Crippen molar-refractivity contribution < 1.29 is 9.34 Å². The van der Waals surface area contributed by atoms with Crippen molar-refractivity contribution in [2.45, 2.75) is 6.54 Å². The van der Waals surface area contributed by atoms with Gasteiger partial charge < -0.3 is 9.32 Å². The van der Waals surface area contributed by atoms with Crippen molar-refractivity contribution in [2.75, 3.05) is 31.1 Å². The highest BCUT2D eigenvalue weighted by Gasteiger charge is 2.20. The number of benzene rings is 1. The summed E-state index contributed by atoms with van der Waals surface area (Å²) in [7, 11) is 0. The quantitative estimate of drug-likeness (QED) is 0.614. The SMILES string of the molecule is O=[N+]([O-])c1ccc(CN2CCN(c3cccc(Br)c3)CC2)o1. The zero-order valence-corrected chi connectivity index (χ0v) is 13.5. The van der Waals surface area contributed by atoms with Gasteiger partial charge in [0.1, 0.15) is 10.7 Å². The lowest BCUT2D eigenvalue weighted by molar-refractivity contribution is -0.402. The standard InChI is InChI=1S/C15H16BrN3O3/c16-12-2-1-3-13(10-12)18-8-6-17(7-9-18)11-14-4-5-15(22-14)19(20)21/h1-5,10H,6-9,11H2. The summed E-state index contributed by atoms with van der Waals surface area (Å²) in [5, 5.41) is 10.6. The Morgan fingerprint density at radius 2 is 1.95 bits per heavy atom. The first-order valence-electron chi connectivity index (χ1n) is 7.08. The highest BCUT2D eigenvalue weighted by atomic mass is 79.9. The van der Waals surface area contributed by atoms with E-state index >= 15 is 0 Å². The molecule has 6 nitrogen and oxygen atoms in total. The second-order valence-electron chi connectivity index (χ2n) is 5.24. The maximum absolute atomic E-state index is 10.6. The Kier molecular flexibility index (Phi) is 4.44. The minimum absolute atomic E-state index is 0.192. The Hall–Kier alpha value is -1.86. The van der Waals surface area contributed by atoms with Crippen LogP contribution in [0.3, 0.4) is 0 Å². The van der Waals surface area contributed by atoms with Gasteiger partial charge in [-0.05, 0) is 24.3 Å². The normalized spacial score (nSPS) is 16.0. The van der Waals surface area contributed by atoms with Crippen molar-refractivity contribution in [3.05, 3.63) is 56.7 Å². The van der Waals surface area contributed by atoms with E-state index in [1.807, 2.05) is 12.1 Å². The van der Waals surface area contributed by atoms with E-state index in [2.05, 4.69) is 37.9 Å². The van der Waals surface area contributed by atoms with Crippen LogP contribution in [0.15, 0.2) is 45.3 Å². The van der Waals surface area contributed by atoms with Crippen molar-refractivity contribution in [1.29, 1.82) is 0 Å². The fourth-order valence-corrected chi connectivity index (χ4v) is 2.99. The van der Waals surface area contributed by atoms with Gasteiger partial charge in [0.2, 0.25) is 0 Å². The summed E-state index contributed by atoms with van der Waals surface area (Å²) in [6.45, 7) is 4.28. The van der Waals surface area contributed by atoms with E-state index in [0.717, 1.165) is 30.7 Å². The van der Waals surface area contributed by atoms with E-state index in [4.69, 9.17) is 4.42 Å². The summed E-state index contributed by atoms with van der Waals surface area (Å²) in [6, 6.07) is 11.4. The van der Waals surface area contributed by atoms with Gasteiger partial charge in [0.25, 0.3) is 0 Å². The van der Waals surface area contributed by atoms with Crippen LogP contribution in [0.1, 0.15) is 5.76 Å². The molecule has 2 heterocycles. The first-order valence-corrected chi connectivity index (χ1v) is 7.87. The van der Waals surface area contributed by atoms with Gasteiger partial charge in [-0.3, -0.25) is 15.0 Å². The lowest BCUT2D eigenvalue weighted by Gasteiger charge is -2.35. The van der Waals surface area contributed by atoms with Crippen LogP contribution in [0, 0.1) is 10.1 Å². The van der Waals surface area contributed by atoms with Gasteiger partial charge in [-0.2, -0.15) is 0 Å². The number of furan rings is 1. The van der Waals surface area contributed by atoms with E-state index in [0.29, 0.717) is 12.3 Å². The van der Waals surface area contributed by atoms with Gasteiger partial charge >= 0.3 is 5.88 Å². The first-order chi connectivity index (χ1) is 10.6. The van der Waals surface area contributed by atoms with Crippen molar-refractivity contribution in [3.63, 3.8) is 0 Å². The molecule has 0 N–H and O–H groups in total. The van der Waals surface area contributed by atoms with Crippen LogP contribution in [0.25, 0.3) is 0 Å². The van der Waals surface area contributed by atoms with Crippen LogP contribution in [0.4, 0.5) is 11.6 Å². The molecule has 3 rings (SSSR count). The van der Waals surface area contributed by atoms with Gasteiger partial charge in [0.15, 0.2) is 0 Å². The molecule has 0 aliphatic carbocycles. The molecule has 116 valence electrons. The number of anilines is 1. The van der Waals surface area contributed by atoms with Crippen molar-refractivity contribution >= 4 is 27.5 Å². The molecule has 1 saturated heterocycles. The Labute approximate surface area is 136 Å². The molecule has 1 fully saturated rings. The molecule has 0 saturated carbocycles. The van der Waals surface area contributed by atoms with Crippen molar-refractivity contribution in [2.24, 2.45) is 0 Å². The predicted molar refractivity (Wildman–Crippen MR) is 87.0 cm³/mol. The Balaban J connectivity index is 1.56. The molecule has 0 amide bonds. The molecule has 0 atom stereocenters. The van der Waals surface area contributed by atoms with E-state index < -0.39 is 4.92 Å². The first kappa shape index (κ1) is 15.1. The number of halogens is 1. The number of hydrogen-bond donors (Lipinski definition) is 0. The number of rotatable bonds is 4. The summed E-state index contributed by atoms with van der Waals surface area (Å²) in [4.78, 5) is 14.7. The minimum atomic E-state index is -0.505. The summed E-state index contributed by atoms with van der Waals surface area (Å²) in [5.41, 5.74) is 1.21. The number of nitrogens with zero attached hydrogens (tertiary/aromatic N) is 3. The molecule has 1 aliphatic rings. The average molecular weight is 366 g/mol. The zero-order chi connectivity index (χ0) is 15.5. The van der Waals surface area contributed by atoms with Crippen LogP contribution in [-0.4, -0.2) is 36.0 Å². The lowest BCUT2D eigenvalue weighted by atomic mass is 10.2. The molecule has 0 bridgehead atoms. The van der Waals surface area contributed by atoms with Crippen LogP contribution in [-0.2, 0) is 6.54 Å². The third-order valence-corrected chi connectivity index (χ3v) is 4.25. The molecular formula is C15H16BrN3O3. The summed E-state index contributed by atoms with van der Waals surface area (Å²) in [6.07, 6.45) is 0. The van der Waals surface area contributed by atoms with E-state index in [1.54, 1.807) is 6.07 Å². The van der Waals surface area contributed by atoms with Gasteiger partial charge in [-0.1, -0.05) is 22.0 Å². The molecule has 2 aromatic rings. The van der Waals surface area contributed by atoms with E-state index in [1.165, 1.54) is 11.8 Å². The van der Waals surface area contributed by atoms with Crippen molar-refractivity contribution in [1.82, 2.24) is 4.90 Å². The van der Waals surface area contributed by atoms with Gasteiger partial charge in [0, 0.05) is 36.3 Å². The number of hydrogen-bond acceptors (Lipinski definition) is 5. The summed E-state index contributed by atoms with van der Waals surface area (Å²) < 4.78 is 6.29. The highest BCUT2D eigenvalue weighted by Crippen LogP contribution is 2.22. The Bertz CT molecular complexity index is 666. The van der Waals surface area contributed by atoms with Gasteiger partial charge in [-0.15, -0.1) is 0 Å². The molecule has 1 aromatic carbocycles.